The van der Waals surface area contributed by atoms with Gasteiger partial charge in [0.05, 0.1) is 11.6 Å². The van der Waals surface area contributed by atoms with E-state index in [-0.39, 0.29) is 21.5 Å². The highest BCUT2D eigenvalue weighted by atomic mass is 35.5. The largest absolute Gasteiger partial charge is 0.478 e. The minimum atomic E-state index is -1.19. The molecule has 2 heterocycles. The number of pyridine rings is 1. The van der Waals surface area contributed by atoms with Gasteiger partial charge < -0.3 is 20.1 Å². The standard InChI is InChI=1S/C12H15Cl2N3O3/c1-2-20-11-9(14)7(12(18)19)8(13)10(16-11)17-5-3-15-4-6-17/h15H,2-6H2,1H3,(H,18,19). The van der Waals surface area contributed by atoms with Crippen molar-refractivity contribution in [2.45, 2.75) is 6.92 Å². The molecular formula is C12H15Cl2N3O3. The maximum Gasteiger partial charge on any atom is 0.339 e. The number of aromatic carboxylic acids is 1. The summed E-state index contributed by atoms with van der Waals surface area (Å²) >= 11 is 12.2. The molecule has 20 heavy (non-hydrogen) atoms. The van der Waals surface area contributed by atoms with Crippen LogP contribution in [-0.4, -0.2) is 48.8 Å². The molecular weight excluding hydrogens is 305 g/mol. The van der Waals surface area contributed by atoms with Crippen molar-refractivity contribution in [1.82, 2.24) is 10.3 Å². The fraction of sp³-hybridized carbons (Fsp3) is 0.500. The van der Waals surface area contributed by atoms with Crippen LogP contribution in [0, 0.1) is 0 Å². The second kappa shape index (κ2) is 6.47. The van der Waals surface area contributed by atoms with Crippen LogP contribution in [0.3, 0.4) is 0 Å². The van der Waals surface area contributed by atoms with Crippen molar-refractivity contribution in [3.05, 3.63) is 15.6 Å². The van der Waals surface area contributed by atoms with E-state index in [1.807, 2.05) is 4.90 Å². The summed E-state index contributed by atoms with van der Waals surface area (Å²) in [5.74, 6) is -0.692. The number of rotatable bonds is 4. The molecule has 0 amide bonds. The second-order valence-corrected chi connectivity index (χ2v) is 4.97. The third-order valence-corrected chi connectivity index (χ3v) is 3.65. The molecule has 0 radical (unpaired) electrons. The second-order valence-electron chi connectivity index (χ2n) is 4.22. The number of ether oxygens (including phenoxy) is 1. The van der Waals surface area contributed by atoms with Crippen molar-refractivity contribution in [3.63, 3.8) is 0 Å². The van der Waals surface area contributed by atoms with Crippen LogP contribution in [0.5, 0.6) is 5.88 Å². The number of carboxylic acids is 1. The minimum Gasteiger partial charge on any atom is -0.478 e. The Bertz CT molecular complexity index is 519. The van der Waals surface area contributed by atoms with Gasteiger partial charge in [-0.05, 0) is 6.92 Å². The first-order valence-corrected chi connectivity index (χ1v) is 7.02. The highest BCUT2D eigenvalue weighted by molar-refractivity contribution is 6.41. The van der Waals surface area contributed by atoms with E-state index in [1.54, 1.807) is 6.92 Å². The van der Waals surface area contributed by atoms with Gasteiger partial charge in [0.2, 0.25) is 5.88 Å². The molecule has 0 bridgehead atoms. The number of anilines is 1. The quantitative estimate of drug-likeness (QED) is 0.882. The zero-order chi connectivity index (χ0) is 14.7. The molecule has 0 aromatic carbocycles. The molecule has 1 saturated heterocycles. The predicted molar refractivity (Wildman–Crippen MR) is 77.5 cm³/mol. The highest BCUT2D eigenvalue weighted by Gasteiger charge is 2.26. The number of hydrogen-bond donors (Lipinski definition) is 2. The molecule has 2 rings (SSSR count). The molecule has 1 aliphatic rings. The number of carbonyl (C=O) groups is 1. The molecule has 0 atom stereocenters. The normalized spacial score (nSPS) is 15.2. The minimum absolute atomic E-state index is 0.0489. The third-order valence-electron chi connectivity index (χ3n) is 2.94. The van der Waals surface area contributed by atoms with E-state index in [0.29, 0.717) is 25.5 Å². The zero-order valence-corrected chi connectivity index (χ0v) is 12.5. The fourth-order valence-electron chi connectivity index (χ4n) is 2.02. The summed E-state index contributed by atoms with van der Waals surface area (Å²) in [5.41, 5.74) is -0.166. The van der Waals surface area contributed by atoms with E-state index in [4.69, 9.17) is 27.9 Å². The van der Waals surface area contributed by atoms with Crippen molar-refractivity contribution in [2.75, 3.05) is 37.7 Å². The molecule has 1 aliphatic heterocycles. The van der Waals surface area contributed by atoms with E-state index in [9.17, 15) is 9.90 Å². The Morgan fingerprint density at radius 2 is 2.05 bits per heavy atom. The van der Waals surface area contributed by atoms with E-state index < -0.39 is 5.97 Å². The number of aromatic nitrogens is 1. The fourth-order valence-corrected chi connectivity index (χ4v) is 2.67. The van der Waals surface area contributed by atoms with Gasteiger partial charge in [-0.2, -0.15) is 4.98 Å². The average Bonchev–Trinajstić information content (AvgIpc) is 2.43. The molecule has 1 aromatic rings. The van der Waals surface area contributed by atoms with Gasteiger partial charge in [0.15, 0.2) is 5.82 Å². The summed E-state index contributed by atoms with van der Waals surface area (Å²) in [5, 5.41) is 12.5. The molecule has 6 nitrogen and oxygen atoms in total. The van der Waals surface area contributed by atoms with E-state index >= 15 is 0 Å². The summed E-state index contributed by atoms with van der Waals surface area (Å²) in [6.07, 6.45) is 0. The molecule has 0 unspecified atom stereocenters. The van der Waals surface area contributed by atoms with E-state index in [0.717, 1.165) is 13.1 Å². The molecule has 1 aromatic heterocycles. The Labute approximate surface area is 126 Å². The van der Waals surface area contributed by atoms with Crippen LogP contribution in [0.15, 0.2) is 0 Å². The monoisotopic (exact) mass is 319 g/mol. The maximum atomic E-state index is 11.4. The van der Waals surface area contributed by atoms with Gasteiger partial charge in [0, 0.05) is 26.2 Å². The highest BCUT2D eigenvalue weighted by Crippen LogP contribution is 2.38. The number of halogens is 2. The summed E-state index contributed by atoms with van der Waals surface area (Å²) < 4.78 is 5.31. The Kier molecular flexibility index (Phi) is 4.91. The lowest BCUT2D eigenvalue weighted by Gasteiger charge is -2.29. The number of carboxylic acid groups (broad SMARTS) is 1. The molecule has 110 valence electrons. The Balaban J connectivity index is 2.52. The van der Waals surface area contributed by atoms with Crippen molar-refractivity contribution >= 4 is 35.0 Å². The van der Waals surface area contributed by atoms with Crippen LogP contribution in [0.25, 0.3) is 0 Å². The van der Waals surface area contributed by atoms with Crippen LogP contribution < -0.4 is 15.0 Å². The molecule has 2 N–H and O–H groups in total. The van der Waals surface area contributed by atoms with Gasteiger partial charge in [-0.25, -0.2) is 4.79 Å². The van der Waals surface area contributed by atoms with Gasteiger partial charge >= 0.3 is 5.97 Å². The predicted octanol–water partition coefficient (Wildman–Crippen LogP) is 1.89. The molecule has 1 fully saturated rings. The lowest BCUT2D eigenvalue weighted by atomic mass is 10.2. The Morgan fingerprint density at radius 3 is 2.60 bits per heavy atom. The summed E-state index contributed by atoms with van der Waals surface area (Å²) in [7, 11) is 0. The first-order valence-electron chi connectivity index (χ1n) is 6.27. The zero-order valence-electron chi connectivity index (χ0n) is 10.9. The molecule has 0 saturated carbocycles. The molecule has 0 spiro atoms. The van der Waals surface area contributed by atoms with Gasteiger partial charge in [-0.15, -0.1) is 0 Å². The van der Waals surface area contributed by atoms with Gasteiger partial charge in [-0.1, -0.05) is 23.2 Å². The van der Waals surface area contributed by atoms with Crippen molar-refractivity contribution in [3.8, 4) is 5.88 Å². The first kappa shape index (κ1) is 15.2. The van der Waals surface area contributed by atoms with Crippen molar-refractivity contribution < 1.29 is 14.6 Å². The summed E-state index contributed by atoms with van der Waals surface area (Å²) in [6, 6.07) is 0. The number of piperazine rings is 1. The van der Waals surface area contributed by atoms with E-state index in [1.165, 1.54) is 0 Å². The lowest BCUT2D eigenvalue weighted by molar-refractivity contribution is 0.0696. The SMILES string of the molecule is CCOc1nc(N2CCNCC2)c(Cl)c(C(=O)O)c1Cl. The van der Waals surface area contributed by atoms with Crippen LogP contribution in [0.1, 0.15) is 17.3 Å². The third kappa shape index (κ3) is 2.92. The van der Waals surface area contributed by atoms with Crippen LogP contribution >= 0.6 is 23.2 Å². The molecule has 0 aliphatic carbocycles. The number of nitrogens with one attached hydrogen (secondary N) is 1. The number of nitrogens with zero attached hydrogens (tertiary/aromatic N) is 2. The first-order chi connectivity index (χ1) is 9.56. The Morgan fingerprint density at radius 1 is 1.40 bits per heavy atom. The van der Waals surface area contributed by atoms with Crippen LogP contribution in [-0.2, 0) is 0 Å². The van der Waals surface area contributed by atoms with Crippen molar-refractivity contribution in [1.29, 1.82) is 0 Å². The van der Waals surface area contributed by atoms with Gasteiger partial charge in [0.25, 0.3) is 0 Å². The van der Waals surface area contributed by atoms with Crippen molar-refractivity contribution in [2.24, 2.45) is 0 Å². The summed E-state index contributed by atoms with van der Waals surface area (Å²) in [4.78, 5) is 17.5. The summed E-state index contributed by atoms with van der Waals surface area (Å²) in [6.45, 7) is 5.07. The average molecular weight is 320 g/mol. The smallest absolute Gasteiger partial charge is 0.339 e. The topological polar surface area (TPSA) is 74.7 Å². The number of hydrogen-bond acceptors (Lipinski definition) is 5. The Hall–Kier alpha value is -1.24. The van der Waals surface area contributed by atoms with Gasteiger partial charge in [-0.3, -0.25) is 0 Å². The van der Waals surface area contributed by atoms with E-state index in [2.05, 4.69) is 10.3 Å². The van der Waals surface area contributed by atoms with Crippen LogP contribution in [0.2, 0.25) is 10.0 Å². The van der Waals surface area contributed by atoms with Gasteiger partial charge in [0.1, 0.15) is 10.6 Å². The molecule has 8 heteroatoms. The maximum absolute atomic E-state index is 11.4. The lowest BCUT2D eigenvalue weighted by Crippen LogP contribution is -2.44. The van der Waals surface area contributed by atoms with Crippen LogP contribution in [0.4, 0.5) is 5.82 Å².